The van der Waals surface area contributed by atoms with Crippen LogP contribution in [0.1, 0.15) is 11.1 Å². The zero-order chi connectivity index (χ0) is 20.2. The van der Waals surface area contributed by atoms with Crippen molar-refractivity contribution in [2.45, 2.75) is 13.3 Å². The van der Waals surface area contributed by atoms with Crippen LogP contribution in [0.25, 0.3) is 0 Å². The highest BCUT2D eigenvalue weighted by molar-refractivity contribution is 5.79. The molecule has 4 rings (SSSR count). The van der Waals surface area contributed by atoms with Gasteiger partial charge in [0.25, 0.3) is 0 Å². The van der Waals surface area contributed by atoms with Crippen molar-refractivity contribution in [2.24, 2.45) is 0 Å². The fourth-order valence-corrected chi connectivity index (χ4v) is 4.01. The second-order valence-corrected chi connectivity index (χ2v) is 8.06. The Bertz CT molecular complexity index is 841. The molecule has 3 heterocycles. The van der Waals surface area contributed by atoms with E-state index in [9.17, 15) is 4.79 Å². The number of aryl methyl sites for hydroxylation is 1. The molecule has 7 nitrogen and oxygen atoms in total. The summed E-state index contributed by atoms with van der Waals surface area (Å²) < 4.78 is 0. The molecule has 0 spiro atoms. The van der Waals surface area contributed by atoms with Crippen LogP contribution in [0.3, 0.4) is 0 Å². The Morgan fingerprint density at radius 3 is 2.14 bits per heavy atom. The minimum absolute atomic E-state index is 0.205. The predicted octanol–water partition coefficient (Wildman–Crippen LogP) is 1.43. The molecule has 154 valence electrons. The van der Waals surface area contributed by atoms with Crippen LogP contribution >= 0.6 is 0 Å². The highest BCUT2D eigenvalue weighted by atomic mass is 16.2. The molecule has 2 fully saturated rings. The number of amides is 1. The number of hydrogen-bond acceptors (Lipinski definition) is 6. The van der Waals surface area contributed by atoms with E-state index in [2.05, 4.69) is 56.8 Å². The number of hydrogen-bond donors (Lipinski definition) is 0. The van der Waals surface area contributed by atoms with Crippen molar-refractivity contribution in [3.05, 3.63) is 47.8 Å². The molecule has 29 heavy (non-hydrogen) atoms. The third kappa shape index (κ3) is 4.85. The Balaban J connectivity index is 1.33. The maximum Gasteiger partial charge on any atom is 0.227 e. The van der Waals surface area contributed by atoms with Crippen LogP contribution in [-0.4, -0.2) is 85.1 Å². The number of carbonyl (C=O) groups is 1. The molecular weight excluding hydrogens is 364 g/mol. The first kappa shape index (κ1) is 19.6. The Kier molecular flexibility index (Phi) is 5.94. The SMILES string of the molecule is Cc1cccc(CC(=O)N2CCN(c3cc(N4CCN(C)CC4)ncn3)CC2)c1. The Morgan fingerprint density at radius 2 is 1.52 bits per heavy atom. The van der Waals surface area contributed by atoms with Gasteiger partial charge in [-0.2, -0.15) is 0 Å². The van der Waals surface area contributed by atoms with Crippen molar-refractivity contribution < 1.29 is 4.79 Å². The third-order valence-corrected chi connectivity index (χ3v) is 5.86. The lowest BCUT2D eigenvalue weighted by atomic mass is 10.1. The molecule has 0 radical (unpaired) electrons. The standard InChI is InChI=1S/C22H30N6O/c1-18-4-3-5-19(14-18)15-22(29)28-12-10-27(11-13-28)21-16-20(23-17-24-21)26-8-6-25(2)7-9-26/h3-5,14,16-17H,6-13,15H2,1-2H3. The minimum atomic E-state index is 0.205. The summed E-state index contributed by atoms with van der Waals surface area (Å²) in [5.74, 6) is 2.16. The number of benzene rings is 1. The summed E-state index contributed by atoms with van der Waals surface area (Å²) in [6, 6.07) is 10.3. The van der Waals surface area contributed by atoms with E-state index in [4.69, 9.17) is 0 Å². The molecule has 2 aliphatic heterocycles. The number of nitrogens with zero attached hydrogens (tertiary/aromatic N) is 6. The smallest absolute Gasteiger partial charge is 0.227 e. The number of piperazine rings is 2. The monoisotopic (exact) mass is 394 g/mol. The van der Waals surface area contributed by atoms with Crippen molar-refractivity contribution in [3.63, 3.8) is 0 Å². The summed E-state index contributed by atoms with van der Waals surface area (Å²) in [7, 11) is 2.16. The van der Waals surface area contributed by atoms with Crippen molar-refractivity contribution >= 4 is 17.5 Å². The summed E-state index contributed by atoms with van der Waals surface area (Å²) in [5.41, 5.74) is 2.28. The van der Waals surface area contributed by atoms with Crippen LogP contribution in [0.4, 0.5) is 11.6 Å². The van der Waals surface area contributed by atoms with E-state index in [0.717, 1.165) is 69.6 Å². The first-order valence-electron chi connectivity index (χ1n) is 10.4. The molecule has 0 aliphatic carbocycles. The number of anilines is 2. The van der Waals surface area contributed by atoms with Crippen LogP contribution in [0.15, 0.2) is 36.7 Å². The van der Waals surface area contributed by atoms with Gasteiger partial charge in [-0.3, -0.25) is 4.79 Å². The Labute approximate surface area is 172 Å². The third-order valence-electron chi connectivity index (χ3n) is 5.86. The minimum Gasteiger partial charge on any atom is -0.354 e. The lowest BCUT2D eigenvalue weighted by Crippen LogP contribution is -2.49. The zero-order valence-corrected chi connectivity index (χ0v) is 17.4. The van der Waals surface area contributed by atoms with Crippen molar-refractivity contribution in [1.29, 1.82) is 0 Å². The van der Waals surface area contributed by atoms with Crippen LogP contribution in [0.5, 0.6) is 0 Å². The van der Waals surface area contributed by atoms with E-state index >= 15 is 0 Å². The molecule has 1 amide bonds. The van der Waals surface area contributed by atoms with Gasteiger partial charge in [0.1, 0.15) is 18.0 Å². The molecule has 2 saturated heterocycles. The molecule has 0 atom stereocenters. The highest BCUT2D eigenvalue weighted by Gasteiger charge is 2.23. The van der Waals surface area contributed by atoms with E-state index in [-0.39, 0.29) is 5.91 Å². The molecule has 1 aromatic carbocycles. The van der Waals surface area contributed by atoms with Crippen LogP contribution in [0.2, 0.25) is 0 Å². The van der Waals surface area contributed by atoms with Gasteiger partial charge in [-0.25, -0.2) is 9.97 Å². The second kappa shape index (κ2) is 8.78. The van der Waals surface area contributed by atoms with Gasteiger partial charge < -0.3 is 19.6 Å². The molecule has 2 aliphatic rings. The average Bonchev–Trinajstić information content (AvgIpc) is 2.74. The van der Waals surface area contributed by atoms with E-state index in [1.807, 2.05) is 17.0 Å². The van der Waals surface area contributed by atoms with Gasteiger partial charge in [-0.15, -0.1) is 0 Å². The summed E-state index contributed by atoms with van der Waals surface area (Å²) >= 11 is 0. The van der Waals surface area contributed by atoms with Gasteiger partial charge in [0.15, 0.2) is 0 Å². The molecule has 0 N–H and O–H groups in total. The summed E-state index contributed by atoms with van der Waals surface area (Å²) in [5, 5.41) is 0. The van der Waals surface area contributed by atoms with Crippen LogP contribution in [-0.2, 0) is 11.2 Å². The van der Waals surface area contributed by atoms with E-state index in [1.54, 1.807) is 6.33 Å². The fraction of sp³-hybridized carbons (Fsp3) is 0.500. The summed E-state index contributed by atoms with van der Waals surface area (Å²) in [6.07, 6.45) is 2.14. The Hall–Kier alpha value is -2.67. The maximum absolute atomic E-state index is 12.7. The van der Waals surface area contributed by atoms with Crippen molar-refractivity contribution in [3.8, 4) is 0 Å². The van der Waals surface area contributed by atoms with E-state index in [0.29, 0.717) is 6.42 Å². The van der Waals surface area contributed by atoms with Crippen LogP contribution < -0.4 is 9.80 Å². The maximum atomic E-state index is 12.7. The quantitative estimate of drug-likeness (QED) is 0.782. The lowest BCUT2D eigenvalue weighted by molar-refractivity contribution is -0.130. The number of likely N-dealkylation sites (N-methyl/N-ethyl adjacent to an activating group) is 1. The normalized spacial score (nSPS) is 18.2. The van der Waals surface area contributed by atoms with Gasteiger partial charge >= 0.3 is 0 Å². The predicted molar refractivity (Wildman–Crippen MR) is 115 cm³/mol. The molecule has 2 aromatic rings. The summed E-state index contributed by atoms with van der Waals surface area (Å²) in [6.45, 7) is 9.24. The molecular formula is C22H30N6O. The first-order chi connectivity index (χ1) is 14.1. The molecule has 0 bridgehead atoms. The zero-order valence-electron chi connectivity index (χ0n) is 17.4. The van der Waals surface area contributed by atoms with Gasteiger partial charge in [0.05, 0.1) is 6.42 Å². The average molecular weight is 395 g/mol. The second-order valence-electron chi connectivity index (χ2n) is 8.06. The van der Waals surface area contributed by atoms with Gasteiger partial charge in [0, 0.05) is 58.4 Å². The van der Waals surface area contributed by atoms with Gasteiger partial charge in [0.2, 0.25) is 5.91 Å². The van der Waals surface area contributed by atoms with E-state index in [1.165, 1.54) is 5.56 Å². The number of aromatic nitrogens is 2. The fourth-order valence-electron chi connectivity index (χ4n) is 4.01. The molecule has 0 saturated carbocycles. The topological polar surface area (TPSA) is 55.8 Å². The first-order valence-corrected chi connectivity index (χ1v) is 10.4. The highest BCUT2D eigenvalue weighted by Crippen LogP contribution is 2.20. The molecule has 7 heteroatoms. The largest absolute Gasteiger partial charge is 0.354 e. The van der Waals surface area contributed by atoms with Crippen molar-refractivity contribution in [2.75, 3.05) is 69.2 Å². The number of carbonyl (C=O) groups excluding carboxylic acids is 1. The summed E-state index contributed by atoms with van der Waals surface area (Å²) in [4.78, 5) is 30.6. The molecule has 0 unspecified atom stereocenters. The van der Waals surface area contributed by atoms with Gasteiger partial charge in [-0.05, 0) is 19.5 Å². The van der Waals surface area contributed by atoms with E-state index < -0.39 is 0 Å². The number of rotatable bonds is 4. The van der Waals surface area contributed by atoms with Crippen LogP contribution in [0, 0.1) is 6.92 Å². The van der Waals surface area contributed by atoms with Gasteiger partial charge in [-0.1, -0.05) is 29.8 Å². The van der Waals surface area contributed by atoms with Crippen molar-refractivity contribution in [1.82, 2.24) is 19.8 Å². The lowest BCUT2D eigenvalue weighted by Gasteiger charge is -2.36. The molecule has 1 aromatic heterocycles. The Morgan fingerprint density at radius 1 is 0.897 bits per heavy atom.